The van der Waals surface area contributed by atoms with Crippen LogP contribution in [0.5, 0.6) is 0 Å². The molecule has 0 spiro atoms. The number of pyridine rings is 1. The van der Waals surface area contributed by atoms with Gasteiger partial charge in [0.15, 0.2) is 5.15 Å². The molecule has 6 nitrogen and oxygen atoms in total. The summed E-state index contributed by atoms with van der Waals surface area (Å²) in [4.78, 5) is 23.2. The quantitative estimate of drug-likeness (QED) is 0.200. The Kier molecular flexibility index (Phi) is 9.71. The van der Waals surface area contributed by atoms with Gasteiger partial charge in [0, 0.05) is 31.9 Å². The Morgan fingerprint density at radius 1 is 1.15 bits per heavy atom. The van der Waals surface area contributed by atoms with Gasteiger partial charge in [-0.05, 0) is 46.1 Å². The zero-order valence-electron chi connectivity index (χ0n) is 20.7. The summed E-state index contributed by atoms with van der Waals surface area (Å²) in [5.74, 6) is 1.05. The Labute approximate surface area is 202 Å². The minimum atomic E-state index is -0.483. The smallest absolute Gasteiger partial charge is 0.410 e. The summed E-state index contributed by atoms with van der Waals surface area (Å²) < 4.78 is 7.73. The number of unbranched alkanes of at least 4 members (excludes halogenated alkanes) is 2. The number of carbonyl (C=O) groups is 1. The molecule has 33 heavy (non-hydrogen) atoms. The van der Waals surface area contributed by atoms with Crippen molar-refractivity contribution in [1.82, 2.24) is 19.4 Å². The number of halogens is 1. The normalized spacial score (nSPS) is 11.3. The third-order valence-electron chi connectivity index (χ3n) is 5.20. The minimum Gasteiger partial charge on any atom is -0.444 e. The Hall–Kier alpha value is -2.60. The molecule has 0 aliphatic heterocycles. The van der Waals surface area contributed by atoms with Gasteiger partial charge in [-0.25, -0.2) is 14.8 Å². The molecule has 0 atom stereocenters. The first-order chi connectivity index (χ1) is 15.7. The maximum Gasteiger partial charge on any atom is 0.410 e. The SMILES string of the molecule is C=C.CCCCc1nc2c(Cl)nc3ccccc3c2n1CCCCN(C)C(=O)OC(C)(C)C. The predicted octanol–water partition coefficient (Wildman–Crippen LogP) is 7.03. The van der Waals surface area contributed by atoms with Crippen molar-refractivity contribution in [2.75, 3.05) is 13.6 Å². The molecule has 0 saturated heterocycles. The molecule has 0 fully saturated rings. The van der Waals surface area contributed by atoms with E-state index >= 15 is 0 Å². The van der Waals surface area contributed by atoms with Crippen LogP contribution in [-0.2, 0) is 17.7 Å². The molecule has 180 valence electrons. The van der Waals surface area contributed by atoms with Crippen LogP contribution in [0.3, 0.4) is 0 Å². The van der Waals surface area contributed by atoms with Crippen molar-refractivity contribution in [1.29, 1.82) is 0 Å². The molecule has 2 aromatic heterocycles. The number of ether oxygens (including phenoxy) is 1. The van der Waals surface area contributed by atoms with Crippen molar-refractivity contribution in [2.24, 2.45) is 0 Å². The van der Waals surface area contributed by atoms with E-state index in [0.29, 0.717) is 11.7 Å². The Balaban J connectivity index is 0.00000187. The fourth-order valence-corrected chi connectivity index (χ4v) is 3.89. The molecule has 0 N–H and O–H groups in total. The topological polar surface area (TPSA) is 60.2 Å². The van der Waals surface area contributed by atoms with Crippen LogP contribution < -0.4 is 0 Å². The summed E-state index contributed by atoms with van der Waals surface area (Å²) in [5.41, 5.74) is 2.23. The predicted molar refractivity (Wildman–Crippen MR) is 138 cm³/mol. The highest BCUT2D eigenvalue weighted by atomic mass is 35.5. The first kappa shape index (κ1) is 26.7. The molecule has 3 aromatic rings. The summed E-state index contributed by atoms with van der Waals surface area (Å²) in [6, 6.07) is 8.07. The molecule has 0 bridgehead atoms. The van der Waals surface area contributed by atoms with Gasteiger partial charge in [-0.15, -0.1) is 13.2 Å². The van der Waals surface area contributed by atoms with Crippen molar-refractivity contribution < 1.29 is 9.53 Å². The molecule has 1 amide bonds. The number of rotatable bonds is 8. The maximum atomic E-state index is 12.2. The maximum absolute atomic E-state index is 12.2. The number of hydrogen-bond donors (Lipinski definition) is 0. The van der Waals surface area contributed by atoms with Crippen LogP contribution in [0.1, 0.15) is 59.2 Å². The number of carbonyl (C=O) groups excluding carboxylic acids is 1. The second kappa shape index (κ2) is 12.0. The number of para-hydroxylation sites is 1. The molecule has 0 aliphatic rings. The van der Waals surface area contributed by atoms with Crippen LogP contribution in [0.15, 0.2) is 37.4 Å². The van der Waals surface area contributed by atoms with Gasteiger partial charge < -0.3 is 14.2 Å². The first-order valence-electron chi connectivity index (χ1n) is 11.6. The lowest BCUT2D eigenvalue weighted by Gasteiger charge is -2.24. The number of nitrogens with zero attached hydrogens (tertiary/aromatic N) is 4. The number of hydrogen-bond acceptors (Lipinski definition) is 4. The van der Waals surface area contributed by atoms with E-state index in [1.807, 2.05) is 39.0 Å². The van der Waals surface area contributed by atoms with Gasteiger partial charge in [-0.3, -0.25) is 0 Å². The summed E-state index contributed by atoms with van der Waals surface area (Å²) >= 11 is 6.50. The van der Waals surface area contributed by atoms with E-state index in [2.05, 4.69) is 35.7 Å². The van der Waals surface area contributed by atoms with Crippen molar-refractivity contribution in [3.63, 3.8) is 0 Å². The Bertz CT molecular complexity index is 1070. The van der Waals surface area contributed by atoms with E-state index in [0.717, 1.165) is 66.4 Å². The number of fused-ring (bicyclic) bond motifs is 3. The van der Waals surface area contributed by atoms with E-state index in [1.54, 1.807) is 11.9 Å². The van der Waals surface area contributed by atoms with Gasteiger partial charge in [-0.2, -0.15) is 0 Å². The van der Waals surface area contributed by atoms with Gasteiger partial charge >= 0.3 is 6.09 Å². The van der Waals surface area contributed by atoms with Crippen molar-refractivity contribution in [2.45, 2.75) is 71.9 Å². The number of benzene rings is 1. The van der Waals surface area contributed by atoms with Crippen LogP contribution in [0, 0.1) is 0 Å². The van der Waals surface area contributed by atoms with E-state index in [1.165, 1.54) is 0 Å². The molecule has 3 rings (SSSR count). The first-order valence-corrected chi connectivity index (χ1v) is 12.0. The number of imidazole rings is 1. The molecule has 0 radical (unpaired) electrons. The molecular weight excluding hydrogens is 436 g/mol. The van der Waals surface area contributed by atoms with Gasteiger partial charge in [0.2, 0.25) is 0 Å². The van der Waals surface area contributed by atoms with Crippen molar-refractivity contribution in [3.05, 3.63) is 48.4 Å². The second-order valence-corrected chi connectivity index (χ2v) is 9.37. The fraction of sp³-hybridized carbons (Fsp3) is 0.500. The summed E-state index contributed by atoms with van der Waals surface area (Å²) in [6.07, 6.45) is 4.61. The monoisotopic (exact) mass is 472 g/mol. The molecule has 0 saturated carbocycles. The zero-order chi connectivity index (χ0) is 24.6. The third-order valence-corrected chi connectivity index (χ3v) is 5.47. The van der Waals surface area contributed by atoms with Gasteiger partial charge in [0.25, 0.3) is 0 Å². The lowest BCUT2D eigenvalue weighted by molar-refractivity contribution is 0.0296. The highest BCUT2D eigenvalue weighted by molar-refractivity contribution is 6.35. The molecule has 0 unspecified atom stereocenters. The third kappa shape index (κ3) is 6.94. The minimum absolute atomic E-state index is 0.284. The molecular formula is C26H37ClN4O2. The van der Waals surface area contributed by atoms with Gasteiger partial charge in [-0.1, -0.05) is 43.1 Å². The van der Waals surface area contributed by atoms with E-state index in [-0.39, 0.29) is 6.09 Å². The van der Waals surface area contributed by atoms with Crippen LogP contribution in [0.2, 0.25) is 5.15 Å². The van der Waals surface area contributed by atoms with Crippen LogP contribution in [0.25, 0.3) is 21.9 Å². The summed E-state index contributed by atoms with van der Waals surface area (Å²) in [6.45, 7) is 15.3. The molecule has 0 aliphatic carbocycles. The van der Waals surface area contributed by atoms with Crippen molar-refractivity contribution >= 4 is 39.6 Å². The second-order valence-electron chi connectivity index (χ2n) is 9.01. The number of amides is 1. The Morgan fingerprint density at radius 3 is 2.52 bits per heavy atom. The highest BCUT2D eigenvalue weighted by Crippen LogP contribution is 2.30. The van der Waals surface area contributed by atoms with Crippen LogP contribution in [-0.4, -0.2) is 44.7 Å². The van der Waals surface area contributed by atoms with Gasteiger partial charge in [0.1, 0.15) is 16.9 Å². The lowest BCUT2D eigenvalue weighted by Crippen LogP contribution is -2.34. The molecule has 1 aromatic carbocycles. The molecule has 2 heterocycles. The zero-order valence-corrected chi connectivity index (χ0v) is 21.4. The fourth-order valence-electron chi connectivity index (χ4n) is 3.66. The van der Waals surface area contributed by atoms with Crippen LogP contribution in [0.4, 0.5) is 4.79 Å². The van der Waals surface area contributed by atoms with E-state index < -0.39 is 5.60 Å². The number of aromatic nitrogens is 3. The van der Waals surface area contributed by atoms with Gasteiger partial charge in [0.05, 0.1) is 11.0 Å². The summed E-state index contributed by atoms with van der Waals surface area (Å²) in [7, 11) is 1.78. The average Bonchev–Trinajstić information content (AvgIpc) is 3.14. The molecule has 7 heteroatoms. The van der Waals surface area contributed by atoms with Crippen molar-refractivity contribution in [3.8, 4) is 0 Å². The highest BCUT2D eigenvalue weighted by Gasteiger charge is 2.20. The standard InChI is InChI=1S/C24H33ClN4O2.C2H4/c1-6-7-14-19-27-20-21(17-12-8-9-13-18(17)26-22(20)25)29(19)16-11-10-15-28(5)23(30)31-24(2,3)4;1-2/h8-9,12-13H,6-7,10-11,14-16H2,1-5H3;1-2H2. The van der Waals surface area contributed by atoms with E-state index in [4.69, 9.17) is 21.3 Å². The Morgan fingerprint density at radius 2 is 1.85 bits per heavy atom. The number of aryl methyl sites for hydroxylation is 2. The average molecular weight is 473 g/mol. The largest absolute Gasteiger partial charge is 0.444 e. The van der Waals surface area contributed by atoms with E-state index in [9.17, 15) is 4.79 Å². The lowest BCUT2D eigenvalue weighted by atomic mass is 10.2. The summed E-state index contributed by atoms with van der Waals surface area (Å²) in [5, 5.41) is 1.53. The van der Waals surface area contributed by atoms with Crippen LogP contribution >= 0.6 is 11.6 Å².